The third-order valence-electron chi connectivity index (χ3n) is 18.3. The van der Waals surface area contributed by atoms with Crippen molar-refractivity contribution >= 4 is 124 Å². The third kappa shape index (κ3) is 10.8. The molecule has 8 heteroatoms. The number of anilines is 10. The summed E-state index contributed by atoms with van der Waals surface area (Å²) in [5.74, 6) is 0. The summed E-state index contributed by atoms with van der Waals surface area (Å²) in [6, 6.07) is 126. The number of rotatable bonds is 8. The van der Waals surface area contributed by atoms with E-state index < -0.39 is 0 Å². The average Bonchev–Trinajstić information content (AvgIpc) is 0.717. The van der Waals surface area contributed by atoms with Gasteiger partial charge in [0.1, 0.15) is 0 Å². The van der Waals surface area contributed by atoms with Crippen LogP contribution in [-0.4, -0.2) is 13.7 Å². The molecule has 0 radical (unpaired) electrons. The van der Waals surface area contributed by atoms with Crippen molar-refractivity contribution < 1.29 is 0 Å². The van der Waals surface area contributed by atoms with Crippen molar-refractivity contribution in [3.8, 4) is 44.5 Å². The Kier molecular flexibility index (Phi) is 15.6. The molecule has 0 fully saturated rings. The number of para-hydroxylation sites is 4. The van der Waals surface area contributed by atoms with Gasteiger partial charge in [-0.1, -0.05) is 262 Å². The second-order valence-corrected chi connectivity index (χ2v) is 25.6. The molecule has 0 saturated carbocycles. The van der Waals surface area contributed by atoms with Crippen molar-refractivity contribution in [3.05, 3.63) is 372 Å². The zero-order valence-corrected chi connectivity index (χ0v) is 54.1. The van der Waals surface area contributed by atoms with Crippen molar-refractivity contribution in [3.63, 3.8) is 0 Å². The highest BCUT2D eigenvalue weighted by atomic mass is 79.9. The molecule has 0 aromatic heterocycles. The predicted octanol–water partition coefficient (Wildman–Crippen LogP) is 20.9. The summed E-state index contributed by atoms with van der Waals surface area (Å²) in [6.45, 7) is 0.220. The Bertz CT molecular complexity index is 4630. The molecule has 0 spiro atoms. The predicted molar refractivity (Wildman–Crippen MR) is 402 cm³/mol. The maximum atomic E-state index is 3.67. The lowest BCUT2D eigenvalue weighted by Gasteiger charge is -2.44. The van der Waals surface area contributed by atoms with E-state index in [9.17, 15) is 0 Å². The zero-order chi connectivity index (χ0) is 62.2. The molecule has 0 saturated heterocycles. The minimum atomic E-state index is 0.0443. The smallest absolute Gasteiger partial charge is 0.329 e. The fourth-order valence-corrected chi connectivity index (χ4v) is 15.0. The van der Waals surface area contributed by atoms with Gasteiger partial charge in [0, 0.05) is 88.1 Å². The van der Waals surface area contributed by atoms with Crippen LogP contribution < -0.4 is 41.3 Å². The van der Waals surface area contributed by atoms with Crippen LogP contribution >= 0.6 is 31.9 Å². The Morgan fingerprint density at radius 3 is 0.774 bits per heavy atom. The van der Waals surface area contributed by atoms with Gasteiger partial charge >= 0.3 is 13.7 Å². The molecule has 440 valence electrons. The highest BCUT2D eigenvalue weighted by molar-refractivity contribution is 9.10. The highest BCUT2D eigenvalue weighted by Crippen LogP contribution is 2.51. The Hall–Kier alpha value is -10.6. The van der Waals surface area contributed by atoms with Crippen LogP contribution in [0.2, 0.25) is 0 Å². The minimum Gasteiger partial charge on any atom is -0.376 e. The normalized spacial score (nSPS) is 12.2. The van der Waals surface area contributed by atoms with Gasteiger partial charge in [0.15, 0.2) is 0 Å². The Morgan fingerprint density at radius 1 is 0.226 bits per heavy atom. The van der Waals surface area contributed by atoms with Gasteiger partial charge in [0.25, 0.3) is 0 Å². The fraction of sp³-hybridized carbons (Fsp3) is 0.0118. The molecule has 14 aromatic rings. The molecule has 4 heterocycles. The van der Waals surface area contributed by atoms with E-state index in [1.54, 1.807) is 0 Å². The molecule has 4 aliphatic heterocycles. The quantitative estimate of drug-likeness (QED) is 0.141. The van der Waals surface area contributed by atoms with E-state index in [0.717, 1.165) is 49.5 Å². The maximum Gasteiger partial charge on any atom is 0.329 e. The Morgan fingerprint density at radius 2 is 0.473 bits per heavy atom. The molecular weight excluding hydrogens is 1260 g/mol. The summed E-state index contributed by atoms with van der Waals surface area (Å²) < 4.78 is 2.21. The van der Waals surface area contributed by atoms with Crippen molar-refractivity contribution in [2.24, 2.45) is 0 Å². The zero-order valence-electron chi connectivity index (χ0n) is 50.9. The van der Waals surface area contributed by atoms with Crippen LogP contribution in [0.15, 0.2) is 361 Å². The van der Waals surface area contributed by atoms with Crippen LogP contribution in [0.1, 0.15) is 11.1 Å². The second kappa shape index (κ2) is 25.2. The first-order valence-electron chi connectivity index (χ1n) is 31.7. The largest absolute Gasteiger partial charge is 0.376 e. The number of hydrogen-bond acceptors (Lipinski definition) is 4. The number of fused-ring (bicyclic) bond motifs is 22. The lowest BCUT2D eigenvalue weighted by atomic mass is 9.43. The molecule has 0 bridgehead atoms. The van der Waals surface area contributed by atoms with E-state index in [1.807, 2.05) is 0 Å². The summed E-state index contributed by atoms with van der Waals surface area (Å²) in [5, 5.41) is 0. The van der Waals surface area contributed by atoms with Crippen LogP contribution in [-0.2, 0) is 6.42 Å². The van der Waals surface area contributed by atoms with Crippen molar-refractivity contribution in [2.45, 2.75) is 6.42 Å². The van der Waals surface area contributed by atoms with Gasteiger partial charge in [-0.25, -0.2) is 0 Å². The monoisotopic (exact) mass is 1320 g/mol. The summed E-state index contributed by atoms with van der Waals surface area (Å²) in [4.78, 5) is 9.78. The van der Waals surface area contributed by atoms with Gasteiger partial charge in [-0.15, -0.1) is 0 Å². The molecule has 0 aliphatic carbocycles. The van der Waals surface area contributed by atoms with Gasteiger partial charge in [0.05, 0.1) is 0 Å². The highest BCUT2D eigenvalue weighted by Gasteiger charge is 2.44. The van der Waals surface area contributed by atoms with Crippen molar-refractivity contribution in [2.75, 3.05) is 19.4 Å². The maximum absolute atomic E-state index is 3.67. The first-order chi connectivity index (χ1) is 46.0. The molecule has 4 aliphatic rings. The lowest BCUT2D eigenvalue weighted by molar-refractivity contribution is 1.19. The summed E-state index contributed by atoms with van der Waals surface area (Å²) in [5.41, 5.74) is 29.9. The SMILES string of the molecule is Brc1ccc2c(c1)-c1ccccc1B1c3ccccc3-c3cc(Br)ccc3N12.c1ccc(Cc2ccccc2)cc1.c1ccc(N(c2ccccc2)c2ccc3c(c2)-c2ccccc2B2c4ccccc4-c4cc(N(c5ccccc5)c5ccccc5)ccc4N23)cc1. The van der Waals surface area contributed by atoms with E-state index in [0.29, 0.717) is 0 Å². The number of benzene rings is 14. The van der Waals surface area contributed by atoms with Gasteiger partial charge in [-0.2, -0.15) is 0 Å². The number of nitrogens with zero attached hydrogens (tertiary/aromatic N) is 4. The fourth-order valence-electron chi connectivity index (χ4n) is 14.3. The van der Waals surface area contributed by atoms with Crippen molar-refractivity contribution in [1.29, 1.82) is 0 Å². The van der Waals surface area contributed by atoms with Crippen LogP contribution in [0.4, 0.5) is 56.9 Å². The molecular formula is C85H60B2Br2N4. The van der Waals surface area contributed by atoms with E-state index in [4.69, 9.17) is 0 Å². The summed E-state index contributed by atoms with van der Waals surface area (Å²) in [6.07, 6.45) is 1.03. The summed E-state index contributed by atoms with van der Waals surface area (Å²) >= 11 is 7.35. The first kappa shape index (κ1) is 57.5. The molecule has 18 rings (SSSR count). The average molecular weight is 1320 g/mol. The molecule has 0 amide bonds. The van der Waals surface area contributed by atoms with E-state index in [2.05, 4.69) is 403 Å². The first-order valence-corrected chi connectivity index (χ1v) is 33.3. The third-order valence-corrected chi connectivity index (χ3v) is 19.3. The lowest BCUT2D eigenvalue weighted by Crippen LogP contribution is -2.59. The van der Waals surface area contributed by atoms with Crippen LogP contribution in [0.25, 0.3) is 44.5 Å². The molecule has 0 atom stereocenters. The topological polar surface area (TPSA) is 13.0 Å². The van der Waals surface area contributed by atoms with E-state index in [-0.39, 0.29) is 13.7 Å². The summed E-state index contributed by atoms with van der Waals surface area (Å²) in [7, 11) is 0. The molecule has 4 nitrogen and oxygen atoms in total. The van der Waals surface area contributed by atoms with Crippen LogP contribution in [0.3, 0.4) is 0 Å². The molecule has 14 aromatic carbocycles. The van der Waals surface area contributed by atoms with Crippen molar-refractivity contribution in [1.82, 2.24) is 0 Å². The van der Waals surface area contributed by atoms with E-state index >= 15 is 0 Å². The minimum absolute atomic E-state index is 0.0443. The molecule has 0 N–H and O–H groups in total. The molecule has 0 unspecified atom stereocenters. The Labute approximate surface area is 562 Å². The van der Waals surface area contributed by atoms with Crippen LogP contribution in [0, 0.1) is 0 Å². The number of halogens is 2. The number of hydrogen-bond donors (Lipinski definition) is 0. The molecule has 93 heavy (non-hydrogen) atoms. The van der Waals surface area contributed by atoms with Gasteiger partial charge in [0.2, 0.25) is 0 Å². The van der Waals surface area contributed by atoms with Crippen LogP contribution in [0.5, 0.6) is 0 Å². The van der Waals surface area contributed by atoms with Gasteiger partial charge < -0.3 is 19.4 Å². The van der Waals surface area contributed by atoms with Gasteiger partial charge in [-0.05, 0) is 183 Å². The second-order valence-electron chi connectivity index (χ2n) is 23.8. The van der Waals surface area contributed by atoms with E-state index in [1.165, 1.54) is 100 Å². The van der Waals surface area contributed by atoms with Gasteiger partial charge in [-0.3, -0.25) is 0 Å². The Balaban J connectivity index is 0.000000138. The standard InChI is InChI=1S/C48H34BN3.C24H14BBr2N.C13H12/c1-5-17-35(18-6-1)50(36-19-7-2-8-20-36)39-29-31-47-43(33-39)41-25-13-15-27-45(41)49-46-28-16-14-26-42(46)44-34-40(30-32-48(44)52(47)49)51(37-21-9-3-10-22-37)38-23-11-4-12-24-38;26-15-9-11-23-19(13-15)17-5-1-3-7-21(17)25-22-8-4-2-6-18(22)20-14-16(27)10-12-24(20)28(23)25;1-3-7-12(8-4-1)11-13-9-5-2-6-10-13/h1-34H;1-14H;1-10H,11H2.